The molecule has 0 spiro atoms. The molecule has 2 aromatic carbocycles. The largest absolute Gasteiger partial charge is 2.00 e. The topological polar surface area (TPSA) is 0 Å². The van der Waals surface area contributed by atoms with Crippen molar-refractivity contribution in [2.24, 2.45) is 23.7 Å². The van der Waals surface area contributed by atoms with E-state index >= 15 is 0 Å². The minimum atomic E-state index is 0. The molecule has 2 bridgehead atoms. The Labute approximate surface area is 154 Å². The van der Waals surface area contributed by atoms with E-state index < -0.39 is 0 Å². The van der Waals surface area contributed by atoms with Gasteiger partial charge < -0.3 is 0 Å². The van der Waals surface area contributed by atoms with Crippen LogP contribution in [0.1, 0.15) is 12.8 Å². The van der Waals surface area contributed by atoms with Crippen molar-refractivity contribution in [1.82, 2.24) is 0 Å². The molecule has 5 rings (SSSR count). The van der Waals surface area contributed by atoms with Crippen molar-refractivity contribution in [2.45, 2.75) is 12.8 Å². The Hall–Kier alpha value is -1.39. The van der Waals surface area contributed by atoms with Gasteiger partial charge in [0.1, 0.15) is 0 Å². The van der Waals surface area contributed by atoms with Crippen LogP contribution in [0.4, 0.5) is 0 Å². The van der Waals surface area contributed by atoms with Crippen LogP contribution in [0, 0.1) is 35.8 Å². The molecule has 4 unspecified atom stereocenters. The van der Waals surface area contributed by atoms with Crippen molar-refractivity contribution >= 4 is 0 Å². The fourth-order valence-electron chi connectivity index (χ4n) is 3.66. The van der Waals surface area contributed by atoms with Crippen LogP contribution in [-0.4, -0.2) is 0 Å². The van der Waals surface area contributed by atoms with Crippen LogP contribution >= 0.6 is 0 Å². The average Bonchev–Trinajstić information content (AvgIpc) is 3.34. The van der Waals surface area contributed by atoms with E-state index in [2.05, 4.69) is 36.4 Å². The monoisotopic (exact) mass is 481 g/mol. The number of rotatable bonds is 0. The molecule has 2 aromatic rings. The number of hydrogen-bond acceptors (Lipinski definition) is 0. The minimum Gasteiger partial charge on any atom is -0.184 e. The van der Waals surface area contributed by atoms with Crippen LogP contribution in [-0.2, 0) is 21.1 Å². The van der Waals surface area contributed by atoms with Gasteiger partial charge in [-0.25, -0.2) is 0 Å². The van der Waals surface area contributed by atoms with Gasteiger partial charge in [0.2, 0.25) is 0 Å². The van der Waals surface area contributed by atoms with Gasteiger partial charge >= 0.3 is 21.1 Å². The SMILES string of the molecule is C1=CC2C3C=CC(C3)C2C1.[Pt+2].[c-]1ccccc1.[c-]1ccccc1. The number of fused-ring (bicyclic) bond motifs is 5. The summed E-state index contributed by atoms with van der Waals surface area (Å²) >= 11 is 0. The fourth-order valence-corrected chi connectivity index (χ4v) is 3.66. The first-order chi connectivity index (χ1) is 10.9. The zero-order valence-corrected chi connectivity index (χ0v) is 15.4. The van der Waals surface area contributed by atoms with Gasteiger partial charge in [0.15, 0.2) is 0 Å². The van der Waals surface area contributed by atoms with Gasteiger partial charge in [-0.05, 0) is 36.5 Å². The van der Waals surface area contributed by atoms with E-state index in [1.165, 1.54) is 12.8 Å². The number of allylic oxidation sites excluding steroid dienone is 4. The molecule has 0 N–H and O–H groups in total. The summed E-state index contributed by atoms with van der Waals surface area (Å²) in [5.74, 6) is 3.82. The van der Waals surface area contributed by atoms with E-state index in [0.29, 0.717) is 0 Å². The third-order valence-corrected chi connectivity index (χ3v) is 4.67. The second-order valence-electron chi connectivity index (χ2n) is 6.01. The molecule has 0 nitrogen and oxygen atoms in total. The molecule has 120 valence electrons. The molecule has 1 saturated carbocycles. The zero-order chi connectivity index (χ0) is 15.0. The zero-order valence-electron chi connectivity index (χ0n) is 13.1. The van der Waals surface area contributed by atoms with Crippen molar-refractivity contribution in [3.8, 4) is 0 Å². The van der Waals surface area contributed by atoms with Crippen molar-refractivity contribution < 1.29 is 21.1 Å². The molecule has 0 saturated heterocycles. The molecule has 0 aliphatic heterocycles. The van der Waals surface area contributed by atoms with E-state index in [1.807, 2.05) is 60.7 Å². The summed E-state index contributed by atoms with van der Waals surface area (Å²) in [4.78, 5) is 0. The molecular formula is C22H22Pt. The predicted molar refractivity (Wildman–Crippen MR) is 92.0 cm³/mol. The molecule has 0 heterocycles. The molecule has 1 fully saturated rings. The molecule has 3 aliphatic carbocycles. The van der Waals surface area contributed by atoms with E-state index in [-0.39, 0.29) is 21.1 Å². The van der Waals surface area contributed by atoms with Crippen LogP contribution in [0.15, 0.2) is 85.0 Å². The average molecular weight is 481 g/mol. The second kappa shape index (κ2) is 9.68. The van der Waals surface area contributed by atoms with Gasteiger partial charge in [0, 0.05) is 0 Å². The van der Waals surface area contributed by atoms with E-state index in [0.717, 1.165) is 23.7 Å². The molecule has 23 heavy (non-hydrogen) atoms. The molecule has 4 atom stereocenters. The van der Waals surface area contributed by atoms with Crippen LogP contribution in [0.5, 0.6) is 0 Å². The first-order valence-corrected chi connectivity index (χ1v) is 8.12. The summed E-state index contributed by atoms with van der Waals surface area (Å²) in [7, 11) is 0. The van der Waals surface area contributed by atoms with Crippen molar-refractivity contribution in [2.75, 3.05) is 0 Å². The molecular weight excluding hydrogens is 459 g/mol. The van der Waals surface area contributed by atoms with Gasteiger partial charge in [-0.15, -0.1) is 0 Å². The van der Waals surface area contributed by atoms with Crippen molar-refractivity contribution in [1.29, 1.82) is 0 Å². The Bertz CT molecular complexity index is 503. The van der Waals surface area contributed by atoms with Crippen LogP contribution in [0.3, 0.4) is 0 Å². The molecule has 1 heteroatoms. The molecule has 0 aromatic heterocycles. The normalized spacial score (nSPS) is 27.8. The Morgan fingerprint density at radius 1 is 0.652 bits per heavy atom. The summed E-state index contributed by atoms with van der Waals surface area (Å²) in [5.41, 5.74) is 0. The summed E-state index contributed by atoms with van der Waals surface area (Å²) in [6, 6.07) is 25.0. The maximum Gasteiger partial charge on any atom is 2.00 e. The first kappa shape index (κ1) is 18.0. The fraction of sp³-hybridized carbons (Fsp3) is 0.273. The van der Waals surface area contributed by atoms with E-state index in [4.69, 9.17) is 0 Å². The summed E-state index contributed by atoms with van der Waals surface area (Å²) in [6.07, 6.45) is 12.5. The molecule has 0 amide bonds. The Morgan fingerprint density at radius 2 is 1.22 bits per heavy atom. The maximum atomic E-state index is 2.89. The Kier molecular flexibility index (Phi) is 7.56. The van der Waals surface area contributed by atoms with Crippen LogP contribution < -0.4 is 0 Å². The van der Waals surface area contributed by atoms with Crippen molar-refractivity contribution in [3.05, 3.63) is 97.1 Å². The van der Waals surface area contributed by atoms with Gasteiger partial charge in [-0.2, -0.15) is 72.8 Å². The third kappa shape index (κ3) is 5.05. The standard InChI is InChI=1S/C10H12.2C6H5.Pt/c1-2-9-7-4-5-8(6-7)10(9)3-1;2*1-2-4-6-5-3-1;/h1-2,4-5,7-10H,3,6H2;2*1-5H;/q;2*-1;+2. The summed E-state index contributed by atoms with van der Waals surface area (Å²) in [6.45, 7) is 0. The summed E-state index contributed by atoms with van der Waals surface area (Å²) < 4.78 is 0. The third-order valence-electron chi connectivity index (χ3n) is 4.67. The quantitative estimate of drug-likeness (QED) is 0.351. The number of benzene rings is 2. The first-order valence-electron chi connectivity index (χ1n) is 8.12. The second-order valence-corrected chi connectivity index (χ2v) is 6.01. The van der Waals surface area contributed by atoms with Gasteiger partial charge in [-0.1, -0.05) is 24.3 Å². The Balaban J connectivity index is 0.000000130. The number of hydrogen-bond donors (Lipinski definition) is 0. The smallest absolute Gasteiger partial charge is 0.184 e. The van der Waals surface area contributed by atoms with E-state index in [1.54, 1.807) is 0 Å². The van der Waals surface area contributed by atoms with Crippen LogP contribution in [0.25, 0.3) is 0 Å². The van der Waals surface area contributed by atoms with Gasteiger partial charge in [-0.3, -0.25) is 0 Å². The Morgan fingerprint density at radius 3 is 1.65 bits per heavy atom. The predicted octanol–water partition coefficient (Wildman–Crippen LogP) is 5.36. The minimum absolute atomic E-state index is 0. The molecule has 3 aliphatic rings. The van der Waals surface area contributed by atoms with Gasteiger partial charge in [0.05, 0.1) is 0 Å². The maximum absolute atomic E-state index is 2.89. The van der Waals surface area contributed by atoms with Crippen LogP contribution in [0.2, 0.25) is 0 Å². The van der Waals surface area contributed by atoms with E-state index in [9.17, 15) is 0 Å². The van der Waals surface area contributed by atoms with Crippen molar-refractivity contribution in [3.63, 3.8) is 0 Å². The molecule has 0 radical (unpaired) electrons. The van der Waals surface area contributed by atoms with Gasteiger partial charge in [0.25, 0.3) is 0 Å². The summed E-state index contributed by atoms with van der Waals surface area (Å²) in [5, 5.41) is 0.